The Morgan fingerprint density at radius 3 is 2.73 bits per heavy atom. The van der Waals surface area contributed by atoms with Gasteiger partial charge >= 0.3 is 0 Å². The molecule has 1 aromatic rings. The number of hydrogen-bond donors (Lipinski definition) is 1. The second kappa shape index (κ2) is 5.17. The number of aliphatic hydroxyl groups excluding tert-OH is 1. The standard InChI is InChI=1S/C13H18O2/c14-12-6-4-5-11(9-12)10-15-13-7-2-1-3-8-13/h1-3,7-8,11-12,14H,4-6,9-10H2. The van der Waals surface area contributed by atoms with Crippen LogP contribution in [-0.4, -0.2) is 17.8 Å². The number of hydrogen-bond acceptors (Lipinski definition) is 2. The molecule has 0 spiro atoms. The maximum Gasteiger partial charge on any atom is 0.119 e. The smallest absolute Gasteiger partial charge is 0.119 e. The highest BCUT2D eigenvalue weighted by Gasteiger charge is 2.20. The maximum atomic E-state index is 9.52. The van der Waals surface area contributed by atoms with Crippen LogP contribution in [0.5, 0.6) is 5.75 Å². The predicted molar refractivity (Wildman–Crippen MR) is 59.9 cm³/mol. The monoisotopic (exact) mass is 206 g/mol. The molecule has 2 atom stereocenters. The van der Waals surface area contributed by atoms with Gasteiger partial charge in [0, 0.05) is 0 Å². The van der Waals surface area contributed by atoms with Crippen molar-refractivity contribution in [3.8, 4) is 5.75 Å². The first-order valence-electron chi connectivity index (χ1n) is 5.70. The lowest BCUT2D eigenvalue weighted by Gasteiger charge is -2.25. The van der Waals surface area contributed by atoms with E-state index in [9.17, 15) is 5.11 Å². The average molecular weight is 206 g/mol. The largest absolute Gasteiger partial charge is 0.493 e. The first-order valence-corrected chi connectivity index (χ1v) is 5.70. The Balaban J connectivity index is 1.78. The molecule has 0 heterocycles. The van der Waals surface area contributed by atoms with Crippen LogP contribution in [0, 0.1) is 5.92 Å². The normalized spacial score (nSPS) is 26.2. The van der Waals surface area contributed by atoms with Crippen molar-refractivity contribution in [1.29, 1.82) is 0 Å². The number of ether oxygens (including phenoxy) is 1. The second-order valence-electron chi connectivity index (χ2n) is 4.31. The molecular formula is C13H18O2. The molecule has 0 amide bonds. The molecule has 0 radical (unpaired) electrons. The number of benzene rings is 1. The van der Waals surface area contributed by atoms with Gasteiger partial charge in [-0.25, -0.2) is 0 Å². The van der Waals surface area contributed by atoms with Gasteiger partial charge in [0.1, 0.15) is 5.75 Å². The minimum absolute atomic E-state index is 0.108. The minimum atomic E-state index is -0.108. The zero-order valence-electron chi connectivity index (χ0n) is 8.93. The van der Waals surface area contributed by atoms with Crippen molar-refractivity contribution in [2.75, 3.05) is 6.61 Å². The third-order valence-corrected chi connectivity index (χ3v) is 2.98. The van der Waals surface area contributed by atoms with Gasteiger partial charge in [0.15, 0.2) is 0 Å². The van der Waals surface area contributed by atoms with Gasteiger partial charge in [0.2, 0.25) is 0 Å². The highest BCUT2D eigenvalue weighted by atomic mass is 16.5. The van der Waals surface area contributed by atoms with Gasteiger partial charge in [-0.2, -0.15) is 0 Å². The van der Waals surface area contributed by atoms with E-state index in [1.165, 1.54) is 6.42 Å². The molecule has 1 aliphatic rings. The van der Waals surface area contributed by atoms with Crippen molar-refractivity contribution in [2.24, 2.45) is 5.92 Å². The van der Waals surface area contributed by atoms with Gasteiger partial charge in [0.05, 0.1) is 12.7 Å². The van der Waals surface area contributed by atoms with Crippen molar-refractivity contribution < 1.29 is 9.84 Å². The fraction of sp³-hybridized carbons (Fsp3) is 0.538. The van der Waals surface area contributed by atoms with E-state index >= 15 is 0 Å². The van der Waals surface area contributed by atoms with Crippen LogP contribution in [0.1, 0.15) is 25.7 Å². The van der Waals surface area contributed by atoms with E-state index in [1.807, 2.05) is 30.3 Å². The Kier molecular flexibility index (Phi) is 3.62. The molecule has 0 bridgehead atoms. The van der Waals surface area contributed by atoms with Crippen molar-refractivity contribution in [1.82, 2.24) is 0 Å². The van der Waals surface area contributed by atoms with Gasteiger partial charge in [-0.3, -0.25) is 0 Å². The molecule has 2 heteroatoms. The summed E-state index contributed by atoms with van der Waals surface area (Å²) in [7, 11) is 0. The van der Waals surface area contributed by atoms with Crippen LogP contribution in [0.25, 0.3) is 0 Å². The van der Waals surface area contributed by atoms with Crippen molar-refractivity contribution in [3.63, 3.8) is 0 Å². The van der Waals surface area contributed by atoms with Crippen molar-refractivity contribution in [2.45, 2.75) is 31.8 Å². The fourth-order valence-electron chi connectivity index (χ4n) is 2.14. The van der Waals surface area contributed by atoms with Crippen LogP contribution in [0.3, 0.4) is 0 Å². The molecule has 82 valence electrons. The molecule has 2 rings (SSSR count). The van der Waals surface area contributed by atoms with E-state index < -0.39 is 0 Å². The fourth-order valence-corrected chi connectivity index (χ4v) is 2.14. The summed E-state index contributed by atoms with van der Waals surface area (Å²) >= 11 is 0. The van der Waals surface area contributed by atoms with Crippen LogP contribution in [0.4, 0.5) is 0 Å². The molecule has 0 aromatic heterocycles. The van der Waals surface area contributed by atoms with Crippen LogP contribution < -0.4 is 4.74 Å². The number of rotatable bonds is 3. The lowest BCUT2D eigenvalue weighted by molar-refractivity contribution is 0.0809. The third-order valence-electron chi connectivity index (χ3n) is 2.98. The van der Waals surface area contributed by atoms with E-state index in [2.05, 4.69) is 0 Å². The first kappa shape index (κ1) is 10.5. The van der Waals surface area contributed by atoms with Crippen LogP contribution in [0.2, 0.25) is 0 Å². The molecule has 1 fully saturated rings. The Morgan fingerprint density at radius 2 is 2.00 bits per heavy atom. The molecule has 0 saturated heterocycles. The molecule has 0 aliphatic heterocycles. The van der Waals surface area contributed by atoms with Crippen LogP contribution in [0.15, 0.2) is 30.3 Å². The topological polar surface area (TPSA) is 29.5 Å². The summed E-state index contributed by atoms with van der Waals surface area (Å²) in [5.74, 6) is 1.45. The third kappa shape index (κ3) is 3.24. The number of para-hydroxylation sites is 1. The first-order chi connectivity index (χ1) is 7.34. The van der Waals surface area contributed by atoms with Crippen LogP contribution >= 0.6 is 0 Å². The Hall–Kier alpha value is -1.02. The molecule has 2 unspecified atom stereocenters. The summed E-state index contributed by atoms with van der Waals surface area (Å²) in [6.07, 6.45) is 4.06. The van der Waals surface area contributed by atoms with Gasteiger partial charge in [-0.05, 0) is 37.3 Å². The zero-order valence-corrected chi connectivity index (χ0v) is 8.93. The minimum Gasteiger partial charge on any atom is -0.493 e. The highest BCUT2D eigenvalue weighted by molar-refractivity contribution is 5.20. The lowest BCUT2D eigenvalue weighted by Crippen LogP contribution is -2.24. The zero-order chi connectivity index (χ0) is 10.5. The molecule has 15 heavy (non-hydrogen) atoms. The second-order valence-corrected chi connectivity index (χ2v) is 4.31. The van der Waals surface area contributed by atoms with E-state index in [0.29, 0.717) is 5.92 Å². The summed E-state index contributed by atoms with van der Waals surface area (Å²) in [6, 6.07) is 9.88. The Bertz CT molecular complexity index is 284. The molecule has 1 aromatic carbocycles. The molecule has 2 nitrogen and oxygen atoms in total. The Morgan fingerprint density at radius 1 is 1.20 bits per heavy atom. The summed E-state index contributed by atoms with van der Waals surface area (Å²) in [6.45, 7) is 0.737. The summed E-state index contributed by atoms with van der Waals surface area (Å²) in [5, 5.41) is 9.52. The van der Waals surface area contributed by atoms with Crippen LogP contribution in [-0.2, 0) is 0 Å². The lowest BCUT2D eigenvalue weighted by atomic mass is 9.88. The molecule has 1 aliphatic carbocycles. The van der Waals surface area contributed by atoms with Gasteiger partial charge < -0.3 is 9.84 Å². The predicted octanol–water partition coefficient (Wildman–Crippen LogP) is 2.62. The highest BCUT2D eigenvalue weighted by Crippen LogP contribution is 2.24. The van der Waals surface area contributed by atoms with Gasteiger partial charge in [-0.15, -0.1) is 0 Å². The van der Waals surface area contributed by atoms with E-state index in [4.69, 9.17) is 4.74 Å². The van der Waals surface area contributed by atoms with Gasteiger partial charge in [0.25, 0.3) is 0 Å². The summed E-state index contributed by atoms with van der Waals surface area (Å²) in [5.41, 5.74) is 0. The van der Waals surface area contributed by atoms with Gasteiger partial charge in [-0.1, -0.05) is 24.6 Å². The molecular weight excluding hydrogens is 188 g/mol. The summed E-state index contributed by atoms with van der Waals surface area (Å²) in [4.78, 5) is 0. The van der Waals surface area contributed by atoms with E-state index in [-0.39, 0.29) is 6.10 Å². The molecule has 1 N–H and O–H groups in total. The SMILES string of the molecule is OC1CCCC(COc2ccccc2)C1. The maximum absolute atomic E-state index is 9.52. The summed E-state index contributed by atoms with van der Waals surface area (Å²) < 4.78 is 5.68. The number of aliphatic hydroxyl groups is 1. The van der Waals surface area contributed by atoms with Crippen molar-refractivity contribution >= 4 is 0 Å². The van der Waals surface area contributed by atoms with Crippen molar-refractivity contribution in [3.05, 3.63) is 30.3 Å². The Labute approximate surface area is 90.9 Å². The van der Waals surface area contributed by atoms with E-state index in [0.717, 1.165) is 31.6 Å². The van der Waals surface area contributed by atoms with E-state index in [1.54, 1.807) is 0 Å². The quantitative estimate of drug-likeness (QED) is 0.823. The molecule has 1 saturated carbocycles. The average Bonchev–Trinajstić information content (AvgIpc) is 2.28.